The van der Waals surface area contributed by atoms with Crippen LogP contribution in [-0.2, 0) is 9.59 Å². The number of nitro benzene ring substituents is 1. The minimum Gasteiger partial charge on any atom is -0.497 e. The monoisotopic (exact) mass is 369 g/mol. The summed E-state index contributed by atoms with van der Waals surface area (Å²) in [6.07, 6.45) is 2.93. The predicted molar refractivity (Wildman–Crippen MR) is 101 cm³/mol. The smallest absolute Gasteiger partial charge is 0.271 e. The fourth-order valence-corrected chi connectivity index (χ4v) is 2.16. The SMILES string of the molecule is COc1ccc(/C=C/C(=O)NC(C)C(=O)Nc2cccc([N+](=O)[O-])c2)cc1. The molecule has 2 amide bonds. The summed E-state index contributed by atoms with van der Waals surface area (Å²) >= 11 is 0. The number of methoxy groups -OCH3 is 1. The van der Waals surface area contributed by atoms with E-state index in [0.717, 1.165) is 5.56 Å². The molecular weight excluding hydrogens is 350 g/mol. The maximum absolute atomic E-state index is 12.1. The summed E-state index contributed by atoms with van der Waals surface area (Å²) in [5.41, 5.74) is 0.954. The lowest BCUT2D eigenvalue weighted by Gasteiger charge is -2.13. The van der Waals surface area contributed by atoms with Gasteiger partial charge in [-0.25, -0.2) is 0 Å². The number of non-ortho nitro benzene ring substituents is 1. The maximum atomic E-state index is 12.1. The van der Waals surface area contributed by atoms with Gasteiger partial charge in [-0.15, -0.1) is 0 Å². The van der Waals surface area contributed by atoms with E-state index in [0.29, 0.717) is 5.75 Å². The number of carbonyl (C=O) groups excluding carboxylic acids is 2. The van der Waals surface area contributed by atoms with E-state index in [2.05, 4.69) is 10.6 Å². The first-order valence-corrected chi connectivity index (χ1v) is 8.07. The number of ether oxygens (including phenoxy) is 1. The number of nitro groups is 1. The lowest BCUT2D eigenvalue weighted by molar-refractivity contribution is -0.384. The van der Waals surface area contributed by atoms with E-state index < -0.39 is 22.8 Å². The van der Waals surface area contributed by atoms with Gasteiger partial charge >= 0.3 is 0 Å². The van der Waals surface area contributed by atoms with Crippen LogP contribution in [0.2, 0.25) is 0 Å². The van der Waals surface area contributed by atoms with Crippen LogP contribution < -0.4 is 15.4 Å². The van der Waals surface area contributed by atoms with Crippen LogP contribution in [-0.4, -0.2) is 29.9 Å². The molecule has 8 heteroatoms. The highest BCUT2D eigenvalue weighted by Crippen LogP contribution is 2.17. The molecule has 2 aromatic rings. The van der Waals surface area contributed by atoms with Crippen molar-refractivity contribution in [2.75, 3.05) is 12.4 Å². The number of amides is 2. The summed E-state index contributed by atoms with van der Waals surface area (Å²) in [6, 6.07) is 11.9. The van der Waals surface area contributed by atoms with Gasteiger partial charge in [0.1, 0.15) is 11.8 Å². The van der Waals surface area contributed by atoms with E-state index in [9.17, 15) is 19.7 Å². The molecule has 2 rings (SSSR count). The van der Waals surface area contributed by atoms with Gasteiger partial charge < -0.3 is 15.4 Å². The molecule has 2 N–H and O–H groups in total. The number of benzene rings is 2. The highest BCUT2D eigenvalue weighted by atomic mass is 16.6. The molecule has 8 nitrogen and oxygen atoms in total. The lowest BCUT2D eigenvalue weighted by Crippen LogP contribution is -2.40. The number of nitrogens with zero attached hydrogens (tertiary/aromatic N) is 1. The van der Waals surface area contributed by atoms with Crippen molar-refractivity contribution in [3.63, 3.8) is 0 Å². The Kier molecular flexibility index (Phi) is 6.65. The fourth-order valence-electron chi connectivity index (χ4n) is 2.16. The second kappa shape index (κ2) is 9.14. The summed E-state index contributed by atoms with van der Waals surface area (Å²) in [5.74, 6) is -0.211. The molecule has 140 valence electrons. The van der Waals surface area contributed by atoms with Crippen molar-refractivity contribution in [3.8, 4) is 5.75 Å². The molecule has 27 heavy (non-hydrogen) atoms. The van der Waals surface area contributed by atoms with Crippen molar-refractivity contribution < 1.29 is 19.2 Å². The molecule has 0 fully saturated rings. The predicted octanol–water partition coefficient (Wildman–Crippen LogP) is 2.76. The van der Waals surface area contributed by atoms with E-state index >= 15 is 0 Å². The summed E-state index contributed by atoms with van der Waals surface area (Å²) in [4.78, 5) is 34.3. The first-order chi connectivity index (χ1) is 12.9. The van der Waals surface area contributed by atoms with Crippen molar-refractivity contribution in [2.24, 2.45) is 0 Å². The molecule has 0 aliphatic rings. The van der Waals surface area contributed by atoms with E-state index in [-0.39, 0.29) is 11.4 Å². The first kappa shape index (κ1) is 19.6. The number of hydrogen-bond donors (Lipinski definition) is 2. The van der Waals surface area contributed by atoms with Gasteiger partial charge in [-0.2, -0.15) is 0 Å². The Morgan fingerprint density at radius 1 is 1.19 bits per heavy atom. The van der Waals surface area contributed by atoms with Gasteiger partial charge in [0.05, 0.1) is 12.0 Å². The van der Waals surface area contributed by atoms with Gasteiger partial charge in [-0.05, 0) is 36.8 Å². The Bertz CT molecular complexity index is 862. The number of nitrogens with one attached hydrogen (secondary N) is 2. The molecule has 0 aromatic heterocycles. The van der Waals surface area contributed by atoms with Crippen molar-refractivity contribution >= 4 is 29.3 Å². The average Bonchev–Trinajstić information content (AvgIpc) is 2.66. The van der Waals surface area contributed by atoms with E-state index in [1.54, 1.807) is 37.5 Å². The van der Waals surface area contributed by atoms with E-state index in [1.165, 1.54) is 37.3 Å². The zero-order valence-corrected chi connectivity index (χ0v) is 14.8. The van der Waals surface area contributed by atoms with Gasteiger partial charge in [0.15, 0.2) is 0 Å². The third-order valence-electron chi connectivity index (χ3n) is 3.62. The minimum atomic E-state index is -0.822. The molecule has 1 unspecified atom stereocenters. The number of hydrogen-bond acceptors (Lipinski definition) is 5. The molecule has 0 heterocycles. The lowest BCUT2D eigenvalue weighted by atomic mass is 10.2. The third-order valence-corrected chi connectivity index (χ3v) is 3.62. The molecule has 0 saturated heterocycles. The first-order valence-electron chi connectivity index (χ1n) is 8.07. The largest absolute Gasteiger partial charge is 0.497 e. The summed E-state index contributed by atoms with van der Waals surface area (Å²) in [7, 11) is 1.57. The second-order valence-electron chi connectivity index (χ2n) is 5.63. The topological polar surface area (TPSA) is 111 Å². The number of rotatable bonds is 7. The highest BCUT2D eigenvalue weighted by Gasteiger charge is 2.15. The Balaban J connectivity index is 1.91. The van der Waals surface area contributed by atoms with Gasteiger partial charge in [-0.3, -0.25) is 19.7 Å². The van der Waals surface area contributed by atoms with E-state index in [4.69, 9.17) is 4.74 Å². The molecule has 0 bridgehead atoms. The normalized spacial score (nSPS) is 11.6. The zero-order chi connectivity index (χ0) is 19.8. The second-order valence-corrected chi connectivity index (χ2v) is 5.63. The average molecular weight is 369 g/mol. The summed E-state index contributed by atoms with van der Waals surface area (Å²) in [5, 5.41) is 15.8. The van der Waals surface area contributed by atoms with Crippen molar-refractivity contribution in [3.05, 3.63) is 70.3 Å². The molecular formula is C19H19N3O5. The Morgan fingerprint density at radius 2 is 1.89 bits per heavy atom. The highest BCUT2D eigenvalue weighted by molar-refractivity contribution is 5.99. The van der Waals surface area contributed by atoms with Gasteiger partial charge in [0.2, 0.25) is 11.8 Å². The van der Waals surface area contributed by atoms with Crippen molar-refractivity contribution in [2.45, 2.75) is 13.0 Å². The fraction of sp³-hybridized carbons (Fsp3) is 0.158. The standard InChI is InChI=1S/C19H19N3O5/c1-13(19(24)21-15-4-3-5-16(12-15)22(25)26)20-18(23)11-8-14-6-9-17(27-2)10-7-14/h3-13H,1-2H3,(H,20,23)(H,21,24)/b11-8+. The Hall–Kier alpha value is -3.68. The van der Waals surface area contributed by atoms with Gasteiger partial charge in [-0.1, -0.05) is 18.2 Å². The van der Waals surface area contributed by atoms with Crippen LogP contribution in [0, 0.1) is 10.1 Å². The number of carbonyl (C=O) groups is 2. The quantitative estimate of drug-likeness (QED) is 0.443. The number of anilines is 1. The molecule has 0 aliphatic carbocycles. The third kappa shape index (κ3) is 5.96. The Morgan fingerprint density at radius 3 is 2.52 bits per heavy atom. The molecule has 2 aromatic carbocycles. The van der Waals surface area contributed by atoms with Crippen LogP contribution in [0.15, 0.2) is 54.6 Å². The molecule has 1 atom stereocenters. The van der Waals surface area contributed by atoms with Crippen molar-refractivity contribution in [1.82, 2.24) is 5.32 Å². The van der Waals surface area contributed by atoms with Crippen LogP contribution in [0.5, 0.6) is 5.75 Å². The van der Waals surface area contributed by atoms with E-state index in [1.807, 2.05) is 0 Å². The molecule has 0 radical (unpaired) electrons. The van der Waals surface area contributed by atoms with Crippen LogP contribution in [0.3, 0.4) is 0 Å². The van der Waals surface area contributed by atoms with Crippen molar-refractivity contribution in [1.29, 1.82) is 0 Å². The van der Waals surface area contributed by atoms with Crippen LogP contribution in [0.1, 0.15) is 12.5 Å². The van der Waals surface area contributed by atoms with Crippen LogP contribution in [0.4, 0.5) is 11.4 Å². The minimum absolute atomic E-state index is 0.132. The van der Waals surface area contributed by atoms with Crippen LogP contribution >= 0.6 is 0 Å². The molecule has 0 saturated carbocycles. The maximum Gasteiger partial charge on any atom is 0.271 e. The Labute approximate surface area is 156 Å². The summed E-state index contributed by atoms with van der Waals surface area (Å²) in [6.45, 7) is 1.52. The van der Waals surface area contributed by atoms with Gasteiger partial charge in [0.25, 0.3) is 5.69 Å². The van der Waals surface area contributed by atoms with Crippen LogP contribution in [0.25, 0.3) is 6.08 Å². The zero-order valence-electron chi connectivity index (χ0n) is 14.8. The molecule has 0 spiro atoms. The van der Waals surface area contributed by atoms with Gasteiger partial charge in [0, 0.05) is 23.9 Å². The summed E-state index contributed by atoms with van der Waals surface area (Å²) < 4.78 is 5.06. The molecule has 0 aliphatic heterocycles.